The molecule has 3 rings (SSSR count). The van der Waals surface area contributed by atoms with E-state index in [-0.39, 0.29) is 24.2 Å². The van der Waals surface area contributed by atoms with Gasteiger partial charge in [-0.3, -0.25) is 4.79 Å². The number of halogens is 1. The van der Waals surface area contributed by atoms with Crippen LogP contribution in [0.4, 0.5) is 5.69 Å². The molecule has 0 spiro atoms. The van der Waals surface area contributed by atoms with E-state index in [0.717, 1.165) is 30.8 Å². The van der Waals surface area contributed by atoms with Crippen LogP contribution in [0.25, 0.3) is 0 Å². The summed E-state index contributed by atoms with van der Waals surface area (Å²) in [5.74, 6) is 1.14. The van der Waals surface area contributed by atoms with Gasteiger partial charge in [-0.1, -0.05) is 63.2 Å². The van der Waals surface area contributed by atoms with Crippen LogP contribution < -0.4 is 10.6 Å². The van der Waals surface area contributed by atoms with Gasteiger partial charge < -0.3 is 10.6 Å². The molecule has 2 atom stereocenters. The lowest BCUT2D eigenvalue weighted by Gasteiger charge is -2.11. The van der Waals surface area contributed by atoms with E-state index in [1.807, 2.05) is 18.2 Å². The summed E-state index contributed by atoms with van der Waals surface area (Å²) < 4.78 is 0. The highest BCUT2D eigenvalue weighted by molar-refractivity contribution is 5.95. The van der Waals surface area contributed by atoms with Crippen LogP contribution in [-0.2, 0) is 11.3 Å². The average molecular weight is 373 g/mol. The summed E-state index contributed by atoms with van der Waals surface area (Å²) in [6.45, 7) is 8.18. The number of anilines is 1. The maximum atomic E-state index is 12.6. The Labute approximate surface area is 163 Å². The van der Waals surface area contributed by atoms with Crippen LogP contribution in [-0.4, -0.2) is 12.5 Å². The largest absolute Gasteiger partial charge is 0.326 e. The predicted molar refractivity (Wildman–Crippen MR) is 111 cm³/mol. The number of para-hydroxylation sites is 1. The van der Waals surface area contributed by atoms with Gasteiger partial charge in [0.25, 0.3) is 0 Å². The molecular weight excluding hydrogens is 344 g/mol. The number of carbonyl (C=O) groups excluding carboxylic acids is 1. The molecule has 1 aliphatic rings. The second-order valence-corrected chi connectivity index (χ2v) is 7.20. The lowest BCUT2D eigenvalue weighted by molar-refractivity contribution is -0.117. The summed E-state index contributed by atoms with van der Waals surface area (Å²) in [4.78, 5) is 12.6. The van der Waals surface area contributed by atoms with Crippen molar-refractivity contribution < 1.29 is 4.79 Å². The number of hydrogen-bond donors (Lipinski definition) is 2. The van der Waals surface area contributed by atoms with E-state index in [4.69, 9.17) is 0 Å². The smallest absolute Gasteiger partial charge is 0.228 e. The van der Waals surface area contributed by atoms with Crippen molar-refractivity contribution in [3.05, 3.63) is 65.2 Å². The maximum Gasteiger partial charge on any atom is 0.228 e. The molecule has 3 nitrogen and oxygen atoms in total. The lowest BCUT2D eigenvalue weighted by atomic mass is 10.00. The highest BCUT2D eigenvalue weighted by atomic mass is 35.5. The third-order valence-electron chi connectivity index (χ3n) is 5.00. The molecule has 1 amide bonds. The van der Waals surface area contributed by atoms with Crippen molar-refractivity contribution in [2.24, 2.45) is 5.92 Å². The normalized spacial score (nSPS) is 18.3. The van der Waals surface area contributed by atoms with Gasteiger partial charge in [-0.25, -0.2) is 0 Å². The summed E-state index contributed by atoms with van der Waals surface area (Å²) in [6.07, 6.45) is 0.947. The number of amides is 1. The second-order valence-electron chi connectivity index (χ2n) is 7.20. The minimum absolute atomic E-state index is 0. The first-order valence-electron chi connectivity index (χ1n) is 9.29. The summed E-state index contributed by atoms with van der Waals surface area (Å²) >= 11 is 0. The Morgan fingerprint density at radius 3 is 2.46 bits per heavy atom. The van der Waals surface area contributed by atoms with Crippen molar-refractivity contribution in [1.82, 2.24) is 5.32 Å². The molecule has 0 bridgehead atoms. The molecule has 2 aromatic rings. The Hall–Kier alpha value is -1.84. The highest BCUT2D eigenvalue weighted by Crippen LogP contribution is 2.48. The SMILES string of the molecule is CCNCc1ccccc1NC(=O)C1CC1c1ccc(C(C)C)cc1.Cl. The minimum atomic E-state index is 0. The zero-order valence-electron chi connectivity index (χ0n) is 15.8. The van der Waals surface area contributed by atoms with E-state index < -0.39 is 0 Å². The van der Waals surface area contributed by atoms with Gasteiger partial charge in [0.1, 0.15) is 0 Å². The molecule has 0 heterocycles. The van der Waals surface area contributed by atoms with Gasteiger partial charge in [0.05, 0.1) is 0 Å². The first-order chi connectivity index (χ1) is 12.1. The van der Waals surface area contributed by atoms with Crippen LogP contribution in [0.1, 0.15) is 55.7 Å². The summed E-state index contributed by atoms with van der Waals surface area (Å²) in [6, 6.07) is 16.8. The Bertz CT molecular complexity index is 727. The van der Waals surface area contributed by atoms with E-state index >= 15 is 0 Å². The fraction of sp³-hybridized carbons (Fsp3) is 0.409. The lowest BCUT2D eigenvalue weighted by Crippen LogP contribution is -2.18. The molecule has 0 saturated heterocycles. The molecule has 140 valence electrons. The number of rotatable bonds is 7. The van der Waals surface area contributed by atoms with Crippen molar-refractivity contribution in [2.75, 3.05) is 11.9 Å². The molecule has 4 heteroatoms. The Morgan fingerprint density at radius 2 is 1.81 bits per heavy atom. The van der Waals surface area contributed by atoms with Crippen LogP contribution in [0, 0.1) is 5.92 Å². The average Bonchev–Trinajstić information content (AvgIpc) is 3.42. The van der Waals surface area contributed by atoms with Crippen LogP contribution in [0.3, 0.4) is 0 Å². The van der Waals surface area contributed by atoms with Gasteiger partial charge in [0.2, 0.25) is 5.91 Å². The molecule has 0 aliphatic heterocycles. The first kappa shape index (κ1) is 20.5. The van der Waals surface area contributed by atoms with Gasteiger partial charge in [0, 0.05) is 18.2 Å². The van der Waals surface area contributed by atoms with Crippen molar-refractivity contribution in [3.63, 3.8) is 0 Å². The fourth-order valence-electron chi connectivity index (χ4n) is 3.26. The number of benzene rings is 2. The van der Waals surface area contributed by atoms with Crippen LogP contribution in [0.5, 0.6) is 0 Å². The van der Waals surface area contributed by atoms with E-state index in [1.54, 1.807) is 0 Å². The molecule has 1 aliphatic carbocycles. The van der Waals surface area contributed by atoms with E-state index in [1.165, 1.54) is 11.1 Å². The van der Waals surface area contributed by atoms with Crippen molar-refractivity contribution in [3.8, 4) is 0 Å². The van der Waals surface area contributed by atoms with E-state index in [9.17, 15) is 4.79 Å². The van der Waals surface area contributed by atoms with Crippen LogP contribution in [0.2, 0.25) is 0 Å². The molecule has 0 radical (unpaired) electrons. The third kappa shape index (κ3) is 4.87. The monoisotopic (exact) mass is 372 g/mol. The van der Waals surface area contributed by atoms with Gasteiger partial charge in [0.15, 0.2) is 0 Å². The summed E-state index contributed by atoms with van der Waals surface area (Å²) in [7, 11) is 0. The molecule has 0 aromatic heterocycles. The van der Waals surface area contributed by atoms with Crippen molar-refractivity contribution >= 4 is 24.0 Å². The third-order valence-corrected chi connectivity index (χ3v) is 5.00. The maximum absolute atomic E-state index is 12.6. The predicted octanol–water partition coefficient (Wildman–Crippen LogP) is 5.08. The van der Waals surface area contributed by atoms with Crippen molar-refractivity contribution in [2.45, 2.75) is 45.6 Å². The standard InChI is InChI=1S/C22H28N2O.ClH/c1-4-23-14-18-7-5-6-8-21(18)24-22(25)20-13-19(20)17-11-9-16(10-12-17)15(2)3;/h5-12,15,19-20,23H,4,13-14H2,1-3H3,(H,24,25);1H. The first-order valence-corrected chi connectivity index (χ1v) is 9.29. The quantitative estimate of drug-likeness (QED) is 0.711. The second kappa shape index (κ2) is 9.20. The Kier molecular flexibility index (Phi) is 7.24. The van der Waals surface area contributed by atoms with Gasteiger partial charge in [-0.2, -0.15) is 0 Å². The Morgan fingerprint density at radius 1 is 1.12 bits per heavy atom. The van der Waals surface area contributed by atoms with Crippen LogP contribution >= 0.6 is 12.4 Å². The molecule has 1 saturated carbocycles. The summed E-state index contributed by atoms with van der Waals surface area (Å²) in [5, 5.41) is 6.45. The van der Waals surface area contributed by atoms with Gasteiger partial charge >= 0.3 is 0 Å². The number of hydrogen-bond acceptors (Lipinski definition) is 2. The molecule has 2 N–H and O–H groups in total. The van der Waals surface area contributed by atoms with E-state index in [2.05, 4.69) is 61.7 Å². The topological polar surface area (TPSA) is 41.1 Å². The van der Waals surface area contributed by atoms with Gasteiger partial charge in [-0.15, -0.1) is 12.4 Å². The van der Waals surface area contributed by atoms with Crippen molar-refractivity contribution in [1.29, 1.82) is 0 Å². The zero-order chi connectivity index (χ0) is 17.8. The Balaban J connectivity index is 0.00000243. The fourth-order valence-corrected chi connectivity index (χ4v) is 3.26. The summed E-state index contributed by atoms with van der Waals surface area (Å²) in [5.41, 5.74) is 4.69. The van der Waals surface area contributed by atoms with Crippen LogP contribution in [0.15, 0.2) is 48.5 Å². The molecular formula is C22H29ClN2O. The minimum Gasteiger partial charge on any atom is -0.326 e. The molecule has 26 heavy (non-hydrogen) atoms. The molecule has 1 fully saturated rings. The molecule has 2 aromatic carbocycles. The highest BCUT2D eigenvalue weighted by Gasteiger charge is 2.43. The number of carbonyl (C=O) groups is 1. The zero-order valence-corrected chi connectivity index (χ0v) is 16.6. The molecule has 2 unspecified atom stereocenters. The number of nitrogens with one attached hydrogen (secondary N) is 2. The van der Waals surface area contributed by atoms with Gasteiger partial charge in [-0.05, 0) is 47.6 Å². The van der Waals surface area contributed by atoms with E-state index in [0.29, 0.717) is 11.8 Å².